The van der Waals surface area contributed by atoms with Crippen LogP contribution in [0.5, 0.6) is 0 Å². The lowest BCUT2D eigenvalue weighted by atomic mass is 10.0. The largest absolute Gasteiger partial charge is 0.431 e. The number of nitrogens with two attached hydrogens (primary N) is 1. The lowest BCUT2D eigenvalue weighted by Crippen LogP contribution is -2.38. The number of imidazole rings is 2. The van der Waals surface area contributed by atoms with Crippen LogP contribution in [0.25, 0.3) is 33.6 Å². The van der Waals surface area contributed by atoms with Gasteiger partial charge in [0.15, 0.2) is 0 Å². The number of amides is 3. The number of aromatic nitrogens is 4. The van der Waals surface area contributed by atoms with Gasteiger partial charge in [-0.25, -0.2) is 14.8 Å². The molecule has 0 aliphatic carbocycles. The Balaban J connectivity index is 0.934. The first-order valence-corrected chi connectivity index (χ1v) is 18.5. The highest BCUT2D eigenvalue weighted by Crippen LogP contribution is 2.37. The van der Waals surface area contributed by atoms with Crippen molar-refractivity contribution < 1.29 is 23.9 Å². The van der Waals surface area contributed by atoms with Gasteiger partial charge in [0.2, 0.25) is 6.10 Å². The summed E-state index contributed by atoms with van der Waals surface area (Å²) in [5.74, 6) is 1.15. The first-order chi connectivity index (χ1) is 25.8. The summed E-state index contributed by atoms with van der Waals surface area (Å²) in [6.45, 7) is 1.87. The molecule has 8 rings (SSSR count). The molecule has 3 aliphatic heterocycles. The van der Waals surface area contributed by atoms with Crippen molar-refractivity contribution in [3.8, 4) is 33.6 Å². The summed E-state index contributed by atoms with van der Waals surface area (Å²) >= 11 is 6.37. The third-order valence-electron chi connectivity index (χ3n) is 10.5. The zero-order chi connectivity index (χ0) is 36.5. The van der Waals surface area contributed by atoms with Crippen LogP contribution in [0.4, 0.5) is 4.79 Å². The number of hydrogen-bond donors (Lipinski definition) is 3. The Labute approximate surface area is 311 Å². The van der Waals surface area contributed by atoms with Gasteiger partial charge in [0.1, 0.15) is 17.8 Å². The van der Waals surface area contributed by atoms with E-state index < -0.39 is 18.1 Å². The molecule has 13 heteroatoms. The Kier molecular flexibility index (Phi) is 9.72. The Hall–Kier alpha value is -5.46. The number of hydrogen-bond acceptors (Lipinski definition) is 7. The highest BCUT2D eigenvalue weighted by Gasteiger charge is 2.39. The molecule has 272 valence electrons. The van der Waals surface area contributed by atoms with Gasteiger partial charge in [0.05, 0.1) is 35.9 Å². The Bertz CT molecular complexity index is 2110. The number of ether oxygens (including phenoxy) is 2. The van der Waals surface area contributed by atoms with Gasteiger partial charge in [-0.15, -0.1) is 0 Å². The predicted molar refractivity (Wildman–Crippen MR) is 198 cm³/mol. The number of nitrogens with one attached hydrogen (secondary N) is 2. The van der Waals surface area contributed by atoms with Gasteiger partial charge in [0, 0.05) is 30.3 Å². The number of H-pyrrole nitrogens is 2. The van der Waals surface area contributed by atoms with E-state index in [4.69, 9.17) is 26.8 Å². The van der Waals surface area contributed by atoms with Gasteiger partial charge in [-0.2, -0.15) is 0 Å². The molecule has 0 radical (unpaired) electrons. The van der Waals surface area contributed by atoms with E-state index in [0.29, 0.717) is 36.0 Å². The number of likely N-dealkylation sites (tertiary alicyclic amines) is 2. The van der Waals surface area contributed by atoms with Crippen molar-refractivity contribution >= 4 is 29.5 Å². The van der Waals surface area contributed by atoms with E-state index in [0.717, 1.165) is 78.1 Å². The number of rotatable bonds is 9. The SMILES string of the molecule is NC(=O)O[C@@H](C(=O)N1CCC[C@H]1c1ncc(-c2ccc(-c3ccc(-c4cnc([C@@H]5CCCN5C(=O)[C@H]5CCCO5)[nH]4)cc3)cc2)[nH]1)c1ccccc1Cl. The third kappa shape index (κ3) is 7.04. The molecular weight excluding hydrogens is 694 g/mol. The fourth-order valence-corrected chi connectivity index (χ4v) is 8.01. The highest BCUT2D eigenvalue weighted by molar-refractivity contribution is 6.31. The molecule has 5 heterocycles. The second-order valence-electron chi connectivity index (χ2n) is 13.7. The molecule has 0 saturated carbocycles. The summed E-state index contributed by atoms with van der Waals surface area (Å²) < 4.78 is 11.0. The minimum Gasteiger partial charge on any atom is -0.431 e. The minimum absolute atomic E-state index is 0.0572. The van der Waals surface area contributed by atoms with E-state index in [1.807, 2.05) is 23.2 Å². The molecule has 0 spiro atoms. The van der Waals surface area contributed by atoms with Crippen LogP contribution in [0.2, 0.25) is 5.02 Å². The lowest BCUT2D eigenvalue weighted by Gasteiger charge is -2.28. The van der Waals surface area contributed by atoms with Gasteiger partial charge in [-0.1, -0.05) is 78.3 Å². The van der Waals surface area contributed by atoms with E-state index in [-0.39, 0.29) is 24.1 Å². The van der Waals surface area contributed by atoms with Crippen molar-refractivity contribution in [1.29, 1.82) is 0 Å². The van der Waals surface area contributed by atoms with Crippen molar-refractivity contribution in [3.05, 3.63) is 107 Å². The molecule has 0 unspecified atom stereocenters. The monoisotopic (exact) mass is 733 g/mol. The number of nitrogens with zero attached hydrogens (tertiary/aromatic N) is 4. The molecule has 3 aliphatic rings. The molecule has 5 aromatic rings. The second-order valence-corrected chi connectivity index (χ2v) is 14.1. The third-order valence-corrected chi connectivity index (χ3v) is 10.8. The maximum absolute atomic E-state index is 13.8. The number of halogens is 1. The van der Waals surface area contributed by atoms with Crippen LogP contribution in [-0.2, 0) is 19.1 Å². The summed E-state index contributed by atoms with van der Waals surface area (Å²) in [6, 6.07) is 22.9. The molecule has 3 aromatic carbocycles. The van der Waals surface area contributed by atoms with Crippen LogP contribution in [0.3, 0.4) is 0 Å². The first kappa shape index (κ1) is 34.6. The van der Waals surface area contributed by atoms with Crippen molar-refractivity contribution in [1.82, 2.24) is 29.7 Å². The minimum atomic E-state index is -1.26. The van der Waals surface area contributed by atoms with Gasteiger partial charge >= 0.3 is 6.09 Å². The molecule has 4 N–H and O–H groups in total. The standard InChI is InChI=1S/C40H40ClN7O5/c41-29-7-2-1-6-28(29)35(53-40(42)51)39(50)48-20-4-9-33(48)37-44-23-31(46-37)27-17-13-25(14-18-27)24-11-15-26(16-12-24)30-22-43-36(45-30)32-8-3-19-47(32)38(49)34-10-5-21-52-34/h1-2,6-7,11-18,22-23,32-35H,3-5,8-10,19-21H2,(H2,42,51)(H,43,45)(H,44,46)/t32-,33-,34+,35+/m0/s1. The normalized spacial score (nSPS) is 20.5. The van der Waals surface area contributed by atoms with Gasteiger partial charge < -0.3 is 35.0 Å². The highest BCUT2D eigenvalue weighted by atomic mass is 35.5. The van der Waals surface area contributed by atoms with E-state index >= 15 is 0 Å². The average molecular weight is 734 g/mol. The zero-order valence-electron chi connectivity index (χ0n) is 29.0. The Morgan fingerprint density at radius 3 is 1.85 bits per heavy atom. The fourth-order valence-electron chi connectivity index (χ4n) is 7.78. The number of carbonyl (C=O) groups excluding carboxylic acids is 3. The summed E-state index contributed by atoms with van der Waals surface area (Å²) in [7, 11) is 0. The molecule has 3 fully saturated rings. The van der Waals surface area contributed by atoms with Crippen LogP contribution in [-0.4, -0.2) is 73.4 Å². The zero-order valence-corrected chi connectivity index (χ0v) is 29.8. The quantitative estimate of drug-likeness (QED) is 0.145. The maximum atomic E-state index is 13.8. The first-order valence-electron chi connectivity index (χ1n) is 18.1. The smallest absolute Gasteiger partial charge is 0.405 e. The maximum Gasteiger partial charge on any atom is 0.405 e. The van der Waals surface area contributed by atoms with E-state index in [9.17, 15) is 14.4 Å². The van der Waals surface area contributed by atoms with Crippen molar-refractivity contribution in [2.24, 2.45) is 5.73 Å². The van der Waals surface area contributed by atoms with Crippen molar-refractivity contribution in [2.75, 3.05) is 19.7 Å². The van der Waals surface area contributed by atoms with Gasteiger partial charge in [-0.05, 0) is 66.8 Å². The van der Waals surface area contributed by atoms with Crippen LogP contribution in [0, 0.1) is 0 Å². The van der Waals surface area contributed by atoms with Crippen LogP contribution < -0.4 is 5.73 Å². The van der Waals surface area contributed by atoms with E-state index in [1.54, 1.807) is 35.4 Å². The van der Waals surface area contributed by atoms with Crippen molar-refractivity contribution in [2.45, 2.75) is 62.8 Å². The average Bonchev–Trinajstić information content (AvgIpc) is 4.03. The van der Waals surface area contributed by atoms with E-state index in [2.05, 4.69) is 56.3 Å². The van der Waals surface area contributed by atoms with Crippen LogP contribution in [0.15, 0.2) is 85.2 Å². The van der Waals surface area contributed by atoms with Crippen LogP contribution in [0.1, 0.15) is 73.9 Å². The molecule has 2 aromatic heterocycles. The number of benzene rings is 3. The molecule has 3 amide bonds. The summed E-state index contributed by atoms with van der Waals surface area (Å²) in [5.41, 5.74) is 11.6. The number of carbonyl (C=O) groups is 3. The molecule has 53 heavy (non-hydrogen) atoms. The van der Waals surface area contributed by atoms with Gasteiger partial charge in [-0.3, -0.25) is 9.59 Å². The molecular formula is C40H40ClN7O5. The predicted octanol–water partition coefficient (Wildman–Crippen LogP) is 7.13. The number of primary amides is 1. The van der Waals surface area contributed by atoms with Crippen LogP contribution >= 0.6 is 11.6 Å². The fraction of sp³-hybridized carbons (Fsp3) is 0.325. The Morgan fingerprint density at radius 1 is 0.755 bits per heavy atom. The molecule has 12 nitrogen and oxygen atoms in total. The molecule has 4 atom stereocenters. The summed E-state index contributed by atoms with van der Waals surface area (Å²) in [6.07, 6.45) is 6.01. The molecule has 0 bridgehead atoms. The second kappa shape index (κ2) is 14.9. The number of aromatic amines is 2. The Morgan fingerprint density at radius 2 is 1.30 bits per heavy atom. The summed E-state index contributed by atoms with van der Waals surface area (Å²) in [4.78, 5) is 58.5. The van der Waals surface area contributed by atoms with Crippen molar-refractivity contribution in [3.63, 3.8) is 0 Å². The van der Waals surface area contributed by atoms with Gasteiger partial charge in [0.25, 0.3) is 11.8 Å². The van der Waals surface area contributed by atoms with E-state index in [1.165, 1.54) is 0 Å². The summed E-state index contributed by atoms with van der Waals surface area (Å²) in [5, 5.41) is 0.311. The lowest BCUT2D eigenvalue weighted by molar-refractivity contribution is -0.142. The topological polar surface area (TPSA) is 160 Å². The molecule has 3 saturated heterocycles.